The predicted molar refractivity (Wildman–Crippen MR) is 142 cm³/mol. The quantitative estimate of drug-likeness (QED) is 0.261. The topological polar surface area (TPSA) is 131 Å². The molecule has 0 spiro atoms. The monoisotopic (exact) mass is 616 g/mol. The van der Waals surface area contributed by atoms with Gasteiger partial charge in [-0.25, -0.2) is 13.2 Å². The molecule has 2 aromatic heterocycles. The second-order valence-corrected chi connectivity index (χ2v) is 10.6. The lowest BCUT2D eigenvalue weighted by Crippen LogP contribution is -2.43. The zero-order valence-corrected chi connectivity index (χ0v) is 23.0. The Bertz CT molecular complexity index is 1750. The second kappa shape index (κ2) is 10.9. The molecule has 2 N–H and O–H groups in total. The Morgan fingerprint density at radius 2 is 1.84 bits per heavy atom. The standard InChI is InChI=1S/C29H22F6N6O3/c1-27(2,14-36)26-40-39-24(43-26)18-9-23-19(10-20(18)30)28(31,32)11-21(37)25(42)41(23)13-15-3-5-16(6-4-15)22-8-7-17(12-38-22)44-29(33,34)35/h3-10,12,21H,11,13,37H2,1-2H3. The summed E-state index contributed by atoms with van der Waals surface area (Å²) in [6.07, 6.45) is -5.01. The van der Waals surface area contributed by atoms with Crippen molar-refractivity contribution in [1.82, 2.24) is 15.2 Å². The fraction of sp³-hybridized carbons (Fsp3) is 0.276. The lowest BCUT2D eigenvalue weighted by atomic mass is 9.96. The van der Waals surface area contributed by atoms with E-state index in [1.807, 2.05) is 6.07 Å². The van der Waals surface area contributed by atoms with Gasteiger partial charge in [-0.1, -0.05) is 24.3 Å². The first kappa shape index (κ1) is 30.5. The van der Waals surface area contributed by atoms with Gasteiger partial charge >= 0.3 is 6.36 Å². The van der Waals surface area contributed by atoms with Gasteiger partial charge in [0.25, 0.3) is 11.8 Å². The number of carbonyl (C=O) groups is 1. The zero-order chi connectivity index (χ0) is 32.0. The van der Waals surface area contributed by atoms with E-state index in [9.17, 15) is 23.2 Å². The molecule has 228 valence electrons. The van der Waals surface area contributed by atoms with E-state index < -0.39 is 53.2 Å². The number of fused-ring (bicyclic) bond motifs is 1. The molecule has 1 aliphatic heterocycles. The SMILES string of the molecule is CC(C)(C#N)c1nnc(-c2cc3c(cc2F)C(F)(F)CC(N)C(=O)N3Cc2ccc(-c3ccc(OC(F)(F)F)cn3)cc2)o1. The highest BCUT2D eigenvalue weighted by Gasteiger charge is 2.45. The number of rotatable bonds is 6. The summed E-state index contributed by atoms with van der Waals surface area (Å²) < 4.78 is 92.4. The molecule has 1 unspecified atom stereocenters. The van der Waals surface area contributed by atoms with Gasteiger partial charge in [0.05, 0.1) is 41.8 Å². The van der Waals surface area contributed by atoms with Gasteiger partial charge in [0, 0.05) is 17.5 Å². The normalized spacial score (nSPS) is 16.7. The van der Waals surface area contributed by atoms with E-state index in [-0.39, 0.29) is 29.6 Å². The summed E-state index contributed by atoms with van der Waals surface area (Å²) in [5.41, 5.74) is 4.49. The van der Waals surface area contributed by atoms with Gasteiger partial charge in [0.15, 0.2) is 0 Å². The highest BCUT2D eigenvalue weighted by molar-refractivity contribution is 5.99. The van der Waals surface area contributed by atoms with Crippen LogP contribution in [-0.4, -0.2) is 33.5 Å². The molecule has 9 nitrogen and oxygen atoms in total. The first-order chi connectivity index (χ1) is 20.6. The molecule has 4 aromatic rings. The summed E-state index contributed by atoms with van der Waals surface area (Å²) in [7, 11) is 0. The van der Waals surface area contributed by atoms with Crippen LogP contribution in [0.5, 0.6) is 5.75 Å². The van der Waals surface area contributed by atoms with E-state index in [0.29, 0.717) is 22.9 Å². The first-order valence-corrected chi connectivity index (χ1v) is 12.9. The molecular weight excluding hydrogens is 594 g/mol. The van der Waals surface area contributed by atoms with Crippen LogP contribution in [0.1, 0.15) is 37.3 Å². The smallest absolute Gasteiger partial charge is 0.419 e. The maximum Gasteiger partial charge on any atom is 0.573 e. The molecule has 2 aromatic carbocycles. The van der Waals surface area contributed by atoms with E-state index in [1.54, 1.807) is 24.3 Å². The van der Waals surface area contributed by atoms with Crippen LogP contribution < -0.4 is 15.4 Å². The van der Waals surface area contributed by atoms with Crippen molar-refractivity contribution in [3.8, 4) is 34.5 Å². The maximum absolute atomic E-state index is 15.3. The van der Waals surface area contributed by atoms with Crippen LogP contribution >= 0.6 is 0 Å². The zero-order valence-electron chi connectivity index (χ0n) is 23.0. The average Bonchev–Trinajstić information content (AvgIpc) is 3.44. The Morgan fingerprint density at radius 3 is 2.45 bits per heavy atom. The van der Waals surface area contributed by atoms with Gasteiger partial charge in [0.1, 0.15) is 17.0 Å². The summed E-state index contributed by atoms with van der Waals surface area (Å²) in [5.74, 6) is -6.62. The molecule has 0 radical (unpaired) electrons. The largest absolute Gasteiger partial charge is 0.573 e. The molecule has 1 aliphatic rings. The summed E-state index contributed by atoms with van der Waals surface area (Å²) in [6, 6.07) is 10.7. The maximum atomic E-state index is 15.3. The Balaban J connectivity index is 1.49. The van der Waals surface area contributed by atoms with Crippen molar-refractivity contribution in [2.75, 3.05) is 4.90 Å². The average molecular weight is 617 g/mol. The van der Waals surface area contributed by atoms with Gasteiger partial charge in [-0.3, -0.25) is 9.78 Å². The molecule has 1 amide bonds. The van der Waals surface area contributed by atoms with Crippen LogP contribution in [0, 0.1) is 17.1 Å². The molecule has 5 rings (SSSR count). The number of pyridine rings is 1. The summed E-state index contributed by atoms with van der Waals surface area (Å²) in [6.45, 7) is 2.75. The molecular formula is C29H22F6N6O3. The number of nitrogens with zero attached hydrogens (tertiary/aromatic N) is 5. The van der Waals surface area contributed by atoms with E-state index >= 15 is 13.2 Å². The minimum absolute atomic E-state index is 0.123. The molecule has 0 saturated carbocycles. The molecule has 0 fully saturated rings. The Labute approximate surface area is 245 Å². The number of benzene rings is 2. The van der Waals surface area contributed by atoms with Crippen molar-refractivity contribution in [3.05, 3.63) is 77.6 Å². The molecule has 1 atom stereocenters. The number of halogens is 6. The number of nitrogens with two attached hydrogens (primary N) is 1. The number of hydrogen-bond donors (Lipinski definition) is 1. The third kappa shape index (κ3) is 6.06. The predicted octanol–water partition coefficient (Wildman–Crippen LogP) is 5.99. The van der Waals surface area contributed by atoms with Crippen LogP contribution in [0.2, 0.25) is 0 Å². The number of nitriles is 1. The van der Waals surface area contributed by atoms with Gasteiger partial charge in [-0.05, 0) is 43.7 Å². The highest BCUT2D eigenvalue weighted by atomic mass is 19.4. The van der Waals surface area contributed by atoms with E-state index in [0.717, 1.165) is 23.2 Å². The van der Waals surface area contributed by atoms with Crippen molar-refractivity contribution < 1.29 is 40.3 Å². The minimum atomic E-state index is -4.87. The number of carbonyl (C=O) groups excluding carboxylic acids is 1. The Morgan fingerprint density at radius 1 is 1.14 bits per heavy atom. The fourth-order valence-corrected chi connectivity index (χ4v) is 4.54. The summed E-state index contributed by atoms with van der Waals surface area (Å²) >= 11 is 0. The highest BCUT2D eigenvalue weighted by Crippen LogP contribution is 2.45. The van der Waals surface area contributed by atoms with E-state index in [2.05, 4.69) is 19.9 Å². The molecule has 44 heavy (non-hydrogen) atoms. The second-order valence-electron chi connectivity index (χ2n) is 10.6. The van der Waals surface area contributed by atoms with Crippen LogP contribution in [0.15, 0.2) is 59.1 Å². The molecule has 0 aliphatic carbocycles. The summed E-state index contributed by atoms with van der Waals surface area (Å²) in [5, 5.41) is 16.9. The fourth-order valence-electron chi connectivity index (χ4n) is 4.54. The molecule has 0 bridgehead atoms. The number of amides is 1. The number of ether oxygens (including phenoxy) is 1. The van der Waals surface area contributed by atoms with Crippen molar-refractivity contribution in [2.45, 2.75) is 50.6 Å². The van der Waals surface area contributed by atoms with Crippen LogP contribution in [0.3, 0.4) is 0 Å². The van der Waals surface area contributed by atoms with E-state index in [4.69, 9.17) is 10.2 Å². The lowest BCUT2D eigenvalue weighted by molar-refractivity contribution is -0.274. The van der Waals surface area contributed by atoms with Gasteiger partial charge < -0.3 is 19.8 Å². The van der Waals surface area contributed by atoms with Crippen LogP contribution in [-0.2, 0) is 22.7 Å². The van der Waals surface area contributed by atoms with Crippen molar-refractivity contribution in [3.63, 3.8) is 0 Å². The number of alkyl halides is 5. The number of hydrogen-bond acceptors (Lipinski definition) is 8. The van der Waals surface area contributed by atoms with Gasteiger partial charge in [-0.15, -0.1) is 23.4 Å². The van der Waals surface area contributed by atoms with Crippen molar-refractivity contribution in [2.24, 2.45) is 5.73 Å². The van der Waals surface area contributed by atoms with Gasteiger partial charge in [-0.2, -0.15) is 5.26 Å². The number of aromatic nitrogens is 3. The third-order valence-electron chi connectivity index (χ3n) is 6.86. The summed E-state index contributed by atoms with van der Waals surface area (Å²) in [4.78, 5) is 18.3. The van der Waals surface area contributed by atoms with Crippen molar-refractivity contribution >= 4 is 11.6 Å². The van der Waals surface area contributed by atoms with E-state index in [1.165, 1.54) is 19.9 Å². The minimum Gasteiger partial charge on any atom is -0.419 e. The molecule has 15 heteroatoms. The third-order valence-corrected chi connectivity index (χ3v) is 6.86. The van der Waals surface area contributed by atoms with Crippen molar-refractivity contribution in [1.29, 1.82) is 5.26 Å². The van der Waals surface area contributed by atoms with Crippen LogP contribution in [0.4, 0.5) is 32.0 Å². The molecule has 3 heterocycles. The van der Waals surface area contributed by atoms with Crippen LogP contribution in [0.25, 0.3) is 22.7 Å². The lowest BCUT2D eigenvalue weighted by Gasteiger charge is -2.25. The Kier molecular flexibility index (Phi) is 7.58. The number of anilines is 1. The Hall–Kier alpha value is -4.97. The molecule has 0 saturated heterocycles. The first-order valence-electron chi connectivity index (χ1n) is 12.9. The van der Waals surface area contributed by atoms with Gasteiger partial charge in [0.2, 0.25) is 11.8 Å².